The van der Waals surface area contributed by atoms with E-state index in [1.54, 1.807) is 0 Å². The number of hydrogen-bond donors (Lipinski definition) is 0. The monoisotopic (exact) mass is 180 g/mol. The average molecular weight is 180 g/mol. The molecule has 0 saturated heterocycles. The van der Waals surface area contributed by atoms with Crippen LogP contribution in [0.15, 0.2) is 18.2 Å². The van der Waals surface area contributed by atoms with Crippen molar-refractivity contribution in [2.24, 2.45) is 0 Å². The summed E-state index contributed by atoms with van der Waals surface area (Å²) in [4.78, 5) is 0. The van der Waals surface area contributed by atoms with Gasteiger partial charge in [0.25, 0.3) is 0 Å². The van der Waals surface area contributed by atoms with Crippen molar-refractivity contribution in [3.63, 3.8) is 0 Å². The molecule has 0 atom stereocenters. The van der Waals surface area contributed by atoms with E-state index in [1.165, 1.54) is 0 Å². The normalized spacial score (nSPS) is 13.9. The first-order valence-electron chi connectivity index (χ1n) is 4.42. The topological polar surface area (TPSA) is 27.7 Å². The Labute approximate surface area is 77.2 Å². The molecule has 0 unspecified atom stereocenters. The van der Waals surface area contributed by atoms with Crippen LogP contribution >= 0.6 is 0 Å². The Morgan fingerprint density at radius 3 is 2.77 bits per heavy atom. The Hall–Kier alpha value is -1.38. The van der Waals surface area contributed by atoms with E-state index in [4.69, 9.17) is 14.2 Å². The third-order valence-corrected chi connectivity index (χ3v) is 1.82. The van der Waals surface area contributed by atoms with Crippen molar-refractivity contribution in [3.05, 3.63) is 18.2 Å². The molecule has 0 spiro atoms. The van der Waals surface area contributed by atoms with Crippen LogP contribution in [0.2, 0.25) is 0 Å². The second kappa shape index (κ2) is 3.56. The van der Waals surface area contributed by atoms with Gasteiger partial charge in [-0.15, -0.1) is 0 Å². The molecule has 0 N–H and O–H groups in total. The van der Waals surface area contributed by atoms with Gasteiger partial charge in [0.1, 0.15) is 19.0 Å². The molecule has 1 heterocycles. The fourth-order valence-corrected chi connectivity index (χ4v) is 1.28. The third kappa shape index (κ3) is 1.69. The molecular weight excluding hydrogens is 168 g/mol. The zero-order chi connectivity index (χ0) is 9.10. The van der Waals surface area contributed by atoms with E-state index in [9.17, 15) is 0 Å². The van der Waals surface area contributed by atoms with Crippen LogP contribution in [0.1, 0.15) is 6.92 Å². The van der Waals surface area contributed by atoms with Gasteiger partial charge in [0.2, 0.25) is 0 Å². The molecule has 1 aliphatic heterocycles. The van der Waals surface area contributed by atoms with Crippen LogP contribution in [0.3, 0.4) is 0 Å². The van der Waals surface area contributed by atoms with E-state index in [2.05, 4.69) is 0 Å². The van der Waals surface area contributed by atoms with Crippen LogP contribution in [0.25, 0.3) is 0 Å². The van der Waals surface area contributed by atoms with Crippen molar-refractivity contribution in [2.45, 2.75) is 6.92 Å². The van der Waals surface area contributed by atoms with E-state index in [0.29, 0.717) is 19.8 Å². The first kappa shape index (κ1) is 8.23. The maximum atomic E-state index is 5.41. The van der Waals surface area contributed by atoms with Crippen LogP contribution in [0.4, 0.5) is 0 Å². The molecule has 1 aromatic rings. The molecule has 0 bridgehead atoms. The van der Waals surface area contributed by atoms with Crippen LogP contribution in [0.5, 0.6) is 17.2 Å². The largest absolute Gasteiger partial charge is 0.494 e. The molecule has 0 amide bonds. The van der Waals surface area contributed by atoms with Crippen molar-refractivity contribution in [2.75, 3.05) is 19.8 Å². The van der Waals surface area contributed by atoms with Crippen molar-refractivity contribution >= 4 is 0 Å². The van der Waals surface area contributed by atoms with Gasteiger partial charge in [0, 0.05) is 6.07 Å². The van der Waals surface area contributed by atoms with Gasteiger partial charge in [-0.25, -0.2) is 0 Å². The number of rotatable bonds is 2. The number of ether oxygens (including phenoxy) is 3. The Bertz CT molecular complexity index is 296. The van der Waals surface area contributed by atoms with Gasteiger partial charge in [-0.2, -0.15) is 0 Å². The summed E-state index contributed by atoms with van der Waals surface area (Å²) < 4.78 is 16.1. The van der Waals surface area contributed by atoms with Gasteiger partial charge >= 0.3 is 0 Å². The predicted octanol–water partition coefficient (Wildman–Crippen LogP) is 1.86. The standard InChI is InChI=1S/C10H12O3/c1-2-11-8-3-4-9-10(7-8)13-6-5-12-9/h3-4,7H,2,5-6H2,1H3. The minimum Gasteiger partial charge on any atom is -0.494 e. The first-order valence-corrected chi connectivity index (χ1v) is 4.42. The van der Waals surface area contributed by atoms with Crippen molar-refractivity contribution in [1.29, 1.82) is 0 Å². The minimum absolute atomic E-state index is 0.614. The highest BCUT2D eigenvalue weighted by molar-refractivity contribution is 5.46. The molecule has 3 nitrogen and oxygen atoms in total. The summed E-state index contributed by atoms with van der Waals surface area (Å²) in [6.07, 6.45) is 0. The lowest BCUT2D eigenvalue weighted by Gasteiger charge is -2.18. The predicted molar refractivity (Wildman–Crippen MR) is 48.6 cm³/mol. The van der Waals surface area contributed by atoms with Crippen molar-refractivity contribution in [3.8, 4) is 17.2 Å². The second-order valence-corrected chi connectivity index (χ2v) is 2.74. The molecule has 0 fully saturated rings. The van der Waals surface area contributed by atoms with E-state index >= 15 is 0 Å². The summed E-state index contributed by atoms with van der Waals surface area (Å²) in [6, 6.07) is 5.62. The van der Waals surface area contributed by atoms with E-state index in [0.717, 1.165) is 17.2 Å². The van der Waals surface area contributed by atoms with Crippen molar-refractivity contribution < 1.29 is 14.2 Å². The lowest BCUT2D eigenvalue weighted by atomic mass is 10.3. The molecule has 0 saturated carbocycles. The highest BCUT2D eigenvalue weighted by Crippen LogP contribution is 2.33. The van der Waals surface area contributed by atoms with Gasteiger partial charge < -0.3 is 14.2 Å². The Kier molecular flexibility index (Phi) is 2.25. The van der Waals surface area contributed by atoms with E-state index < -0.39 is 0 Å². The molecule has 2 rings (SSSR count). The Morgan fingerprint density at radius 1 is 1.23 bits per heavy atom. The highest BCUT2D eigenvalue weighted by Gasteiger charge is 2.11. The van der Waals surface area contributed by atoms with Gasteiger partial charge in [-0.1, -0.05) is 0 Å². The zero-order valence-corrected chi connectivity index (χ0v) is 7.58. The quantitative estimate of drug-likeness (QED) is 0.695. The molecule has 0 radical (unpaired) electrons. The van der Waals surface area contributed by atoms with Crippen molar-refractivity contribution in [1.82, 2.24) is 0 Å². The highest BCUT2D eigenvalue weighted by atomic mass is 16.6. The fraction of sp³-hybridized carbons (Fsp3) is 0.400. The summed E-state index contributed by atoms with van der Waals surface area (Å²) in [6.45, 7) is 3.86. The molecule has 3 heteroatoms. The fourth-order valence-electron chi connectivity index (χ4n) is 1.28. The van der Waals surface area contributed by atoms with Crippen LogP contribution in [-0.2, 0) is 0 Å². The summed E-state index contributed by atoms with van der Waals surface area (Å²) in [5, 5.41) is 0. The maximum absolute atomic E-state index is 5.41. The minimum atomic E-state index is 0.614. The number of hydrogen-bond acceptors (Lipinski definition) is 3. The maximum Gasteiger partial charge on any atom is 0.165 e. The Morgan fingerprint density at radius 2 is 2.00 bits per heavy atom. The van der Waals surface area contributed by atoms with E-state index in [-0.39, 0.29) is 0 Å². The van der Waals surface area contributed by atoms with Gasteiger partial charge in [0.15, 0.2) is 11.5 Å². The Balaban J connectivity index is 2.24. The molecular formula is C10H12O3. The van der Waals surface area contributed by atoms with Gasteiger partial charge in [-0.05, 0) is 19.1 Å². The molecule has 13 heavy (non-hydrogen) atoms. The number of fused-ring (bicyclic) bond motifs is 1. The van der Waals surface area contributed by atoms with Gasteiger partial charge in [0.05, 0.1) is 6.61 Å². The molecule has 70 valence electrons. The van der Waals surface area contributed by atoms with E-state index in [1.807, 2.05) is 25.1 Å². The van der Waals surface area contributed by atoms with Gasteiger partial charge in [-0.3, -0.25) is 0 Å². The smallest absolute Gasteiger partial charge is 0.165 e. The number of benzene rings is 1. The zero-order valence-electron chi connectivity index (χ0n) is 7.58. The molecule has 1 aromatic carbocycles. The molecule has 0 aromatic heterocycles. The van der Waals surface area contributed by atoms with Crippen LogP contribution in [-0.4, -0.2) is 19.8 Å². The summed E-state index contributed by atoms with van der Waals surface area (Å²) >= 11 is 0. The summed E-state index contributed by atoms with van der Waals surface area (Å²) in [5.74, 6) is 2.40. The lowest BCUT2D eigenvalue weighted by Crippen LogP contribution is -2.15. The summed E-state index contributed by atoms with van der Waals surface area (Å²) in [7, 11) is 0. The van der Waals surface area contributed by atoms with Crippen LogP contribution < -0.4 is 14.2 Å². The summed E-state index contributed by atoms with van der Waals surface area (Å²) in [5.41, 5.74) is 0. The third-order valence-electron chi connectivity index (χ3n) is 1.82. The second-order valence-electron chi connectivity index (χ2n) is 2.74. The SMILES string of the molecule is CCOc1ccc2c(c1)OCCO2. The molecule has 1 aliphatic rings. The first-order chi connectivity index (χ1) is 6.40. The lowest BCUT2D eigenvalue weighted by molar-refractivity contribution is 0.170. The average Bonchev–Trinajstić information content (AvgIpc) is 2.18. The van der Waals surface area contributed by atoms with Crippen LogP contribution in [0, 0.1) is 0 Å². The molecule has 0 aliphatic carbocycles.